The molecule has 0 fully saturated rings. The molecule has 19 heteroatoms. The van der Waals surface area contributed by atoms with Gasteiger partial charge in [-0.2, -0.15) is 0 Å². The predicted octanol–water partition coefficient (Wildman–Crippen LogP) is 16.3. The lowest BCUT2D eigenvalue weighted by atomic mass is 9.99. The smallest absolute Gasteiger partial charge is 0.462 e. The molecular weight excluding hydrogens is 1070 g/mol. The molecule has 0 amide bonds. The number of phosphoric acid groups is 2. The summed E-state index contributed by atoms with van der Waals surface area (Å²) in [4.78, 5) is 71.8. The normalized spacial score (nSPS) is 14.8. The number of hydrogen-bond acceptors (Lipinski definition) is 15. The van der Waals surface area contributed by atoms with Crippen molar-refractivity contribution >= 4 is 39.5 Å². The summed E-state index contributed by atoms with van der Waals surface area (Å²) in [7, 11) is -9.87. The van der Waals surface area contributed by atoms with Gasteiger partial charge in [0, 0.05) is 25.7 Å². The molecule has 474 valence electrons. The van der Waals surface area contributed by atoms with Crippen LogP contribution in [0, 0.1) is 17.8 Å². The lowest BCUT2D eigenvalue weighted by Gasteiger charge is -2.21. The number of esters is 4. The van der Waals surface area contributed by atoms with Crippen LogP contribution in [-0.2, 0) is 65.4 Å². The zero-order valence-electron chi connectivity index (χ0n) is 51.5. The highest BCUT2D eigenvalue weighted by molar-refractivity contribution is 7.47. The lowest BCUT2D eigenvalue weighted by Crippen LogP contribution is -2.30. The minimum absolute atomic E-state index is 0.102. The summed E-state index contributed by atoms with van der Waals surface area (Å²) in [5, 5.41) is 10.5. The number of aliphatic hydroxyl groups is 1. The van der Waals surface area contributed by atoms with Crippen molar-refractivity contribution < 1.29 is 80.2 Å². The molecule has 0 saturated carbocycles. The highest BCUT2D eigenvalue weighted by Gasteiger charge is 2.30. The molecular formula is C61H118O17P2. The fourth-order valence-electron chi connectivity index (χ4n) is 8.92. The van der Waals surface area contributed by atoms with Gasteiger partial charge in [-0.15, -0.1) is 0 Å². The van der Waals surface area contributed by atoms with Gasteiger partial charge in [0.1, 0.15) is 19.3 Å². The first kappa shape index (κ1) is 78.1. The molecule has 17 nitrogen and oxygen atoms in total. The van der Waals surface area contributed by atoms with Crippen LogP contribution in [-0.4, -0.2) is 96.7 Å². The van der Waals surface area contributed by atoms with Crippen LogP contribution in [0.15, 0.2) is 0 Å². The van der Waals surface area contributed by atoms with Gasteiger partial charge in [0.05, 0.1) is 26.4 Å². The standard InChI is InChI=1S/C61H118O17P2/c1-8-10-11-25-35-42-58(63)71-48-56(77-61(66)45-38-31-24-18-20-27-33-40-53(5)6)50-75-79(67,68)73-46-55(62)47-74-80(69,70)76-51-57(49-72-59(64)43-36-29-22-17-16-21-28-34-41-54(7)9-2)78-60(65)44-37-30-23-15-13-12-14-19-26-32-39-52(3)4/h52-57,62H,8-51H2,1-7H3,(H,67,68)(H,69,70)/t54?,55-,56+,57+/m0/s1. The second kappa shape index (κ2) is 52.6. The average Bonchev–Trinajstić information content (AvgIpc) is 3.41. The van der Waals surface area contributed by atoms with Crippen molar-refractivity contribution in [1.82, 2.24) is 0 Å². The highest BCUT2D eigenvalue weighted by atomic mass is 31.2. The molecule has 0 bridgehead atoms. The quantitative estimate of drug-likeness (QED) is 0.0222. The Kier molecular flexibility index (Phi) is 51.3. The van der Waals surface area contributed by atoms with Gasteiger partial charge in [-0.1, -0.05) is 241 Å². The third-order valence-electron chi connectivity index (χ3n) is 14.2. The molecule has 0 spiro atoms. The summed E-state index contributed by atoms with van der Waals surface area (Å²) in [5.41, 5.74) is 0. The van der Waals surface area contributed by atoms with E-state index in [0.29, 0.717) is 31.6 Å². The number of carbonyl (C=O) groups excluding carboxylic acids is 4. The summed E-state index contributed by atoms with van der Waals surface area (Å²) in [6.45, 7) is 11.6. The fourth-order valence-corrected chi connectivity index (χ4v) is 10.5. The maximum atomic E-state index is 12.9. The van der Waals surface area contributed by atoms with Crippen molar-refractivity contribution in [3.05, 3.63) is 0 Å². The first-order valence-electron chi connectivity index (χ1n) is 31.9. The molecule has 0 aliphatic heterocycles. The minimum Gasteiger partial charge on any atom is -0.462 e. The summed E-state index contributed by atoms with van der Waals surface area (Å²) >= 11 is 0. The molecule has 3 N–H and O–H groups in total. The molecule has 0 saturated heterocycles. The number of rotatable bonds is 59. The van der Waals surface area contributed by atoms with Gasteiger partial charge in [-0.25, -0.2) is 9.13 Å². The summed E-state index contributed by atoms with van der Waals surface area (Å²) < 4.78 is 67.7. The molecule has 0 aromatic carbocycles. The molecule has 3 unspecified atom stereocenters. The summed E-state index contributed by atoms with van der Waals surface area (Å²) in [6, 6.07) is 0. The average molecular weight is 1190 g/mol. The van der Waals surface area contributed by atoms with E-state index in [-0.39, 0.29) is 25.7 Å². The summed E-state index contributed by atoms with van der Waals surface area (Å²) in [6.07, 6.45) is 32.5. The Hall–Kier alpha value is -1.94. The first-order valence-corrected chi connectivity index (χ1v) is 34.9. The summed E-state index contributed by atoms with van der Waals surface area (Å²) in [5.74, 6) is 0.0732. The van der Waals surface area contributed by atoms with Crippen LogP contribution in [0.1, 0.15) is 292 Å². The number of carbonyl (C=O) groups is 4. The molecule has 0 aliphatic rings. The lowest BCUT2D eigenvalue weighted by molar-refractivity contribution is -0.161. The monoisotopic (exact) mass is 1180 g/mol. The van der Waals surface area contributed by atoms with Crippen molar-refractivity contribution in [2.24, 2.45) is 17.8 Å². The van der Waals surface area contributed by atoms with E-state index in [4.69, 9.17) is 37.0 Å². The van der Waals surface area contributed by atoms with E-state index in [1.165, 1.54) is 96.3 Å². The van der Waals surface area contributed by atoms with E-state index >= 15 is 0 Å². The van der Waals surface area contributed by atoms with Crippen LogP contribution in [0.5, 0.6) is 0 Å². The fraction of sp³-hybridized carbons (Fsp3) is 0.934. The maximum absolute atomic E-state index is 12.9. The zero-order valence-corrected chi connectivity index (χ0v) is 53.3. The number of aliphatic hydroxyl groups excluding tert-OH is 1. The van der Waals surface area contributed by atoms with E-state index in [2.05, 4.69) is 48.5 Å². The number of ether oxygens (including phenoxy) is 4. The maximum Gasteiger partial charge on any atom is 0.472 e. The van der Waals surface area contributed by atoms with Gasteiger partial charge in [-0.05, 0) is 43.4 Å². The van der Waals surface area contributed by atoms with Crippen LogP contribution in [0.3, 0.4) is 0 Å². The second-order valence-electron chi connectivity index (χ2n) is 23.3. The van der Waals surface area contributed by atoms with Gasteiger partial charge in [0.25, 0.3) is 0 Å². The van der Waals surface area contributed by atoms with E-state index in [0.717, 1.165) is 108 Å². The molecule has 6 atom stereocenters. The van der Waals surface area contributed by atoms with Gasteiger partial charge < -0.3 is 33.8 Å². The molecule has 0 aliphatic carbocycles. The van der Waals surface area contributed by atoms with Crippen LogP contribution in [0.4, 0.5) is 0 Å². The Labute approximate surface area is 486 Å². The Morgan fingerprint density at radius 3 is 0.950 bits per heavy atom. The molecule has 80 heavy (non-hydrogen) atoms. The van der Waals surface area contributed by atoms with Gasteiger partial charge >= 0.3 is 39.5 Å². The SMILES string of the molecule is CCCCCCCC(=O)OC[C@H](COP(=O)(O)OC[C@H](O)COP(=O)(O)OC[C@@H](COC(=O)CCCCCCCCCCC(C)CC)OC(=O)CCCCCCCCCCCCC(C)C)OC(=O)CCCCCCCCCC(C)C. The molecule has 0 aromatic heterocycles. The Morgan fingerprint density at radius 1 is 0.362 bits per heavy atom. The highest BCUT2D eigenvalue weighted by Crippen LogP contribution is 2.45. The largest absolute Gasteiger partial charge is 0.472 e. The Balaban J connectivity index is 5.20. The van der Waals surface area contributed by atoms with Gasteiger partial charge in [-0.3, -0.25) is 37.3 Å². The first-order chi connectivity index (χ1) is 38.3. The Morgan fingerprint density at radius 2 is 0.637 bits per heavy atom. The third kappa shape index (κ3) is 54.0. The van der Waals surface area contributed by atoms with Crippen molar-refractivity contribution in [1.29, 1.82) is 0 Å². The van der Waals surface area contributed by atoms with E-state index in [9.17, 15) is 43.2 Å². The molecule has 0 aromatic rings. The number of hydrogen-bond donors (Lipinski definition) is 3. The van der Waals surface area contributed by atoms with Crippen LogP contribution in [0.2, 0.25) is 0 Å². The van der Waals surface area contributed by atoms with Crippen molar-refractivity contribution in [2.45, 2.75) is 311 Å². The topological polar surface area (TPSA) is 237 Å². The minimum atomic E-state index is -4.94. The van der Waals surface area contributed by atoms with E-state index in [1.807, 2.05) is 0 Å². The Bertz CT molecular complexity index is 1600. The molecule has 0 rings (SSSR count). The number of phosphoric ester groups is 2. The van der Waals surface area contributed by atoms with Gasteiger partial charge in [0.15, 0.2) is 12.2 Å². The molecule has 0 heterocycles. The van der Waals surface area contributed by atoms with Crippen molar-refractivity contribution in [2.75, 3.05) is 39.6 Å². The van der Waals surface area contributed by atoms with Crippen LogP contribution >= 0.6 is 15.6 Å². The van der Waals surface area contributed by atoms with Crippen LogP contribution in [0.25, 0.3) is 0 Å². The molecule has 0 radical (unpaired) electrons. The van der Waals surface area contributed by atoms with E-state index < -0.39 is 97.5 Å². The zero-order chi connectivity index (χ0) is 59.5. The van der Waals surface area contributed by atoms with E-state index in [1.54, 1.807) is 0 Å². The predicted molar refractivity (Wildman–Crippen MR) is 317 cm³/mol. The van der Waals surface area contributed by atoms with Gasteiger partial charge in [0.2, 0.25) is 0 Å². The third-order valence-corrected chi connectivity index (χ3v) is 16.1. The second-order valence-corrected chi connectivity index (χ2v) is 26.2. The number of unbranched alkanes of at least 4 members (excludes halogenated alkanes) is 26. The van der Waals surface area contributed by atoms with Crippen molar-refractivity contribution in [3.8, 4) is 0 Å². The van der Waals surface area contributed by atoms with Crippen LogP contribution < -0.4 is 0 Å². The van der Waals surface area contributed by atoms with Crippen molar-refractivity contribution in [3.63, 3.8) is 0 Å².